The average molecular weight is 334 g/mol. The van der Waals surface area contributed by atoms with Crippen LogP contribution in [0, 0.1) is 6.92 Å². The number of aliphatic hydroxyl groups is 1. The normalized spacial score (nSPS) is 11.2. The van der Waals surface area contributed by atoms with Crippen molar-refractivity contribution in [1.82, 2.24) is 9.55 Å². The fourth-order valence-corrected chi connectivity index (χ4v) is 3.63. The first-order valence-electron chi connectivity index (χ1n) is 8.86. The van der Waals surface area contributed by atoms with Crippen LogP contribution in [0.25, 0.3) is 0 Å². The highest BCUT2D eigenvalue weighted by atomic mass is 16.3. The molecule has 0 spiro atoms. The molecule has 0 fully saturated rings. The molecule has 1 N–H and O–H groups in total. The molecule has 0 aliphatic heterocycles. The van der Waals surface area contributed by atoms with Crippen molar-refractivity contribution in [2.75, 3.05) is 0 Å². The van der Waals surface area contributed by atoms with E-state index in [4.69, 9.17) is 0 Å². The third-order valence-electron chi connectivity index (χ3n) is 4.84. The van der Waals surface area contributed by atoms with Gasteiger partial charge in [0, 0.05) is 42.3 Å². The van der Waals surface area contributed by atoms with Crippen LogP contribution in [-0.4, -0.2) is 14.7 Å². The Morgan fingerprint density at radius 1 is 1.00 bits per heavy atom. The number of aliphatic hydroxyl groups excluding tert-OH is 1. The summed E-state index contributed by atoms with van der Waals surface area (Å²) >= 11 is 0. The van der Waals surface area contributed by atoms with Crippen LogP contribution in [0.2, 0.25) is 0 Å². The summed E-state index contributed by atoms with van der Waals surface area (Å²) in [5, 5.41) is 9.99. The summed E-state index contributed by atoms with van der Waals surface area (Å²) in [6.45, 7) is 7.42. The molecule has 3 heteroatoms. The van der Waals surface area contributed by atoms with Gasteiger partial charge in [-0.15, -0.1) is 0 Å². The molecule has 0 aliphatic rings. The van der Waals surface area contributed by atoms with E-state index in [1.807, 2.05) is 18.5 Å². The van der Waals surface area contributed by atoms with Gasteiger partial charge >= 0.3 is 0 Å². The quantitative estimate of drug-likeness (QED) is 0.723. The van der Waals surface area contributed by atoms with Gasteiger partial charge in [0.1, 0.15) is 0 Å². The first-order valence-corrected chi connectivity index (χ1v) is 8.86. The fraction of sp³-hybridized carbons (Fsp3) is 0.318. The van der Waals surface area contributed by atoms with Crippen LogP contribution in [0.1, 0.15) is 53.4 Å². The van der Waals surface area contributed by atoms with Crippen molar-refractivity contribution >= 4 is 0 Å². The van der Waals surface area contributed by atoms with Gasteiger partial charge < -0.3 is 9.67 Å². The minimum absolute atomic E-state index is 0.0878. The summed E-state index contributed by atoms with van der Waals surface area (Å²) in [5.41, 5.74) is 7.35. The maximum absolute atomic E-state index is 9.99. The predicted octanol–water partition coefficient (Wildman–Crippen LogP) is 4.45. The number of rotatable bonds is 6. The molecule has 0 atom stereocenters. The van der Waals surface area contributed by atoms with Crippen LogP contribution in [0.5, 0.6) is 0 Å². The molecule has 0 aliphatic carbocycles. The Kier molecular flexibility index (Phi) is 5.34. The van der Waals surface area contributed by atoms with E-state index in [1.54, 1.807) is 0 Å². The second kappa shape index (κ2) is 7.66. The molecule has 25 heavy (non-hydrogen) atoms. The lowest BCUT2D eigenvalue weighted by Gasteiger charge is -2.15. The van der Waals surface area contributed by atoms with Crippen LogP contribution >= 0.6 is 0 Å². The number of benzene rings is 1. The van der Waals surface area contributed by atoms with Gasteiger partial charge in [0.05, 0.1) is 6.61 Å². The highest BCUT2D eigenvalue weighted by molar-refractivity contribution is 5.43. The lowest BCUT2D eigenvalue weighted by Crippen LogP contribution is -2.08. The lowest BCUT2D eigenvalue weighted by molar-refractivity contribution is 0.279. The molecule has 2 aromatic heterocycles. The van der Waals surface area contributed by atoms with Gasteiger partial charge in [-0.3, -0.25) is 4.98 Å². The minimum Gasteiger partial charge on any atom is -0.392 e. The smallest absolute Gasteiger partial charge is 0.0702 e. The molecule has 1 aromatic carbocycles. The molecule has 0 radical (unpaired) electrons. The van der Waals surface area contributed by atoms with Crippen molar-refractivity contribution in [3.63, 3.8) is 0 Å². The number of pyridine rings is 1. The SMILES string of the molecule is Cc1c(CO)c(C(C)C)c(Cc2ccccc2)n1Cc1ccncc1. The number of nitrogens with zero attached hydrogens (tertiary/aromatic N) is 2. The fourth-order valence-electron chi connectivity index (χ4n) is 3.63. The number of aromatic nitrogens is 2. The zero-order chi connectivity index (χ0) is 17.8. The molecule has 0 saturated heterocycles. The zero-order valence-corrected chi connectivity index (χ0v) is 15.2. The maximum atomic E-state index is 9.99. The summed E-state index contributed by atoms with van der Waals surface area (Å²) in [7, 11) is 0. The average Bonchev–Trinajstić information content (AvgIpc) is 2.89. The van der Waals surface area contributed by atoms with Gasteiger partial charge in [-0.25, -0.2) is 0 Å². The van der Waals surface area contributed by atoms with E-state index >= 15 is 0 Å². The second-order valence-electron chi connectivity index (χ2n) is 6.84. The summed E-state index contributed by atoms with van der Waals surface area (Å²) < 4.78 is 2.36. The Hall–Kier alpha value is -2.39. The summed E-state index contributed by atoms with van der Waals surface area (Å²) in [6.07, 6.45) is 4.54. The third kappa shape index (κ3) is 3.67. The molecule has 0 saturated carbocycles. The summed E-state index contributed by atoms with van der Waals surface area (Å²) in [5.74, 6) is 0.373. The van der Waals surface area contributed by atoms with Crippen LogP contribution in [0.3, 0.4) is 0 Å². The first-order chi connectivity index (χ1) is 12.1. The highest BCUT2D eigenvalue weighted by Crippen LogP contribution is 2.32. The van der Waals surface area contributed by atoms with E-state index in [0.29, 0.717) is 5.92 Å². The summed E-state index contributed by atoms with van der Waals surface area (Å²) in [6, 6.07) is 14.7. The third-order valence-corrected chi connectivity index (χ3v) is 4.84. The Balaban J connectivity index is 2.11. The molecular formula is C22H26N2O. The van der Waals surface area contributed by atoms with Crippen molar-refractivity contribution in [1.29, 1.82) is 0 Å². The second-order valence-corrected chi connectivity index (χ2v) is 6.84. The Morgan fingerprint density at radius 2 is 1.68 bits per heavy atom. The van der Waals surface area contributed by atoms with Crippen LogP contribution in [-0.2, 0) is 19.6 Å². The highest BCUT2D eigenvalue weighted by Gasteiger charge is 2.22. The topological polar surface area (TPSA) is 38.0 Å². The van der Waals surface area contributed by atoms with Gasteiger partial charge in [-0.05, 0) is 41.7 Å². The van der Waals surface area contributed by atoms with E-state index in [0.717, 1.165) is 24.2 Å². The Morgan fingerprint density at radius 3 is 2.28 bits per heavy atom. The molecule has 2 heterocycles. The van der Waals surface area contributed by atoms with Gasteiger partial charge in [0.15, 0.2) is 0 Å². The van der Waals surface area contributed by atoms with Crippen LogP contribution < -0.4 is 0 Å². The standard InChI is InChI=1S/C22H26N2O/c1-16(2)22-20(15-25)17(3)24(14-19-9-11-23-12-10-19)21(22)13-18-7-5-4-6-8-18/h4-12,16,25H,13-15H2,1-3H3. The lowest BCUT2D eigenvalue weighted by atomic mass is 9.95. The van der Waals surface area contributed by atoms with Crippen LogP contribution in [0.15, 0.2) is 54.9 Å². The van der Waals surface area contributed by atoms with Crippen molar-refractivity contribution in [3.8, 4) is 0 Å². The molecule has 3 aromatic rings. The monoisotopic (exact) mass is 334 g/mol. The van der Waals surface area contributed by atoms with E-state index in [2.05, 4.69) is 66.7 Å². The van der Waals surface area contributed by atoms with Crippen LogP contribution in [0.4, 0.5) is 0 Å². The predicted molar refractivity (Wildman–Crippen MR) is 102 cm³/mol. The molecule has 3 rings (SSSR count). The van der Waals surface area contributed by atoms with Crippen molar-refractivity contribution in [2.24, 2.45) is 0 Å². The van der Waals surface area contributed by atoms with Crippen molar-refractivity contribution in [3.05, 3.63) is 88.5 Å². The summed E-state index contributed by atoms with van der Waals surface area (Å²) in [4.78, 5) is 4.12. The van der Waals surface area contributed by atoms with Gasteiger partial charge in [-0.2, -0.15) is 0 Å². The van der Waals surface area contributed by atoms with E-state index < -0.39 is 0 Å². The van der Waals surface area contributed by atoms with Gasteiger partial charge in [0.2, 0.25) is 0 Å². The largest absolute Gasteiger partial charge is 0.392 e. The van der Waals surface area contributed by atoms with E-state index in [1.165, 1.54) is 22.4 Å². The zero-order valence-electron chi connectivity index (χ0n) is 15.2. The molecule has 0 unspecified atom stereocenters. The van der Waals surface area contributed by atoms with E-state index in [9.17, 15) is 5.11 Å². The first kappa shape index (κ1) is 17.4. The maximum Gasteiger partial charge on any atom is 0.0702 e. The Labute approximate surface area is 150 Å². The van der Waals surface area contributed by atoms with Gasteiger partial charge in [0.25, 0.3) is 0 Å². The van der Waals surface area contributed by atoms with Crippen molar-refractivity contribution in [2.45, 2.75) is 46.3 Å². The molecule has 0 amide bonds. The molecule has 3 nitrogen and oxygen atoms in total. The molecule has 130 valence electrons. The molecular weight excluding hydrogens is 308 g/mol. The number of hydrogen-bond acceptors (Lipinski definition) is 2. The van der Waals surface area contributed by atoms with Crippen molar-refractivity contribution < 1.29 is 5.11 Å². The van der Waals surface area contributed by atoms with Gasteiger partial charge in [-0.1, -0.05) is 44.2 Å². The molecule has 0 bridgehead atoms. The number of hydrogen-bond donors (Lipinski definition) is 1. The minimum atomic E-state index is 0.0878. The van der Waals surface area contributed by atoms with E-state index in [-0.39, 0.29) is 6.61 Å². The Bertz CT molecular complexity index is 820.